The topological polar surface area (TPSA) is 97.5 Å². The highest BCUT2D eigenvalue weighted by Crippen LogP contribution is 2.28. The monoisotopic (exact) mass is 489 g/mol. The molecule has 9 heteroatoms. The van der Waals surface area contributed by atoms with Crippen LogP contribution in [-0.4, -0.2) is 34.3 Å². The van der Waals surface area contributed by atoms with Gasteiger partial charge in [0.1, 0.15) is 23.6 Å². The molecule has 1 aromatic heterocycles. The summed E-state index contributed by atoms with van der Waals surface area (Å²) in [6.45, 7) is 0. The molecule has 27 heavy (non-hydrogen) atoms. The molecule has 1 saturated carbocycles. The third kappa shape index (κ3) is 4.53. The Kier molecular flexibility index (Phi) is 6.22. The van der Waals surface area contributed by atoms with Crippen molar-refractivity contribution in [2.75, 3.05) is 5.32 Å². The highest BCUT2D eigenvalue weighted by atomic mass is 127. The van der Waals surface area contributed by atoms with Crippen molar-refractivity contribution in [1.29, 1.82) is 0 Å². The average molecular weight is 489 g/mol. The summed E-state index contributed by atoms with van der Waals surface area (Å²) in [5.41, 5.74) is 5.42. The Labute approximate surface area is 168 Å². The first kappa shape index (κ1) is 19.9. The zero-order valence-electron chi connectivity index (χ0n) is 14.2. The molecule has 6 nitrogen and oxygen atoms in total. The lowest BCUT2D eigenvalue weighted by Gasteiger charge is -2.32. The molecule has 1 heterocycles. The van der Waals surface area contributed by atoms with Crippen molar-refractivity contribution < 1.29 is 23.4 Å². The maximum Gasteiger partial charge on any atom is 0.343 e. The van der Waals surface area contributed by atoms with Gasteiger partial charge in [-0.25, -0.2) is 13.6 Å². The largest absolute Gasteiger partial charge is 0.456 e. The second-order valence-corrected chi connectivity index (χ2v) is 7.57. The molecule has 0 bridgehead atoms. The van der Waals surface area contributed by atoms with Crippen LogP contribution in [0.3, 0.4) is 0 Å². The number of aromatic nitrogens is 1. The van der Waals surface area contributed by atoms with Gasteiger partial charge in [-0.05, 0) is 60.1 Å². The Bertz CT molecular complexity index is 853. The van der Waals surface area contributed by atoms with Crippen LogP contribution in [0, 0.1) is 15.2 Å². The first-order valence-corrected chi connectivity index (χ1v) is 9.45. The third-order valence-corrected chi connectivity index (χ3v) is 5.08. The van der Waals surface area contributed by atoms with Gasteiger partial charge in [-0.15, -0.1) is 0 Å². The fourth-order valence-corrected chi connectivity index (χ4v) is 3.42. The third-order valence-electron chi connectivity index (χ3n) is 4.41. The van der Waals surface area contributed by atoms with E-state index < -0.39 is 41.4 Å². The molecular formula is C18H18F2IN3O3. The van der Waals surface area contributed by atoms with E-state index in [1.54, 1.807) is 6.07 Å². The summed E-state index contributed by atoms with van der Waals surface area (Å²) in [6, 6.07) is 3.93. The number of aliphatic hydroxyl groups excluding tert-OH is 1. The maximum atomic E-state index is 14.3. The van der Waals surface area contributed by atoms with Gasteiger partial charge in [-0.1, -0.05) is 0 Å². The SMILES string of the molecule is N[C@H]1CCC[C@H](OC(=O)c2c(F)cncc2Nc2ccc(I)cc2F)[C@@H]1O. The van der Waals surface area contributed by atoms with Gasteiger partial charge in [0.25, 0.3) is 0 Å². The second-order valence-electron chi connectivity index (χ2n) is 6.32. The van der Waals surface area contributed by atoms with Gasteiger partial charge in [0, 0.05) is 9.61 Å². The van der Waals surface area contributed by atoms with Crippen LogP contribution in [0.1, 0.15) is 29.6 Å². The smallest absolute Gasteiger partial charge is 0.343 e. The van der Waals surface area contributed by atoms with Gasteiger partial charge in [-0.3, -0.25) is 4.98 Å². The lowest BCUT2D eigenvalue weighted by molar-refractivity contribution is -0.0439. The highest BCUT2D eigenvalue weighted by Gasteiger charge is 2.33. The van der Waals surface area contributed by atoms with Gasteiger partial charge < -0.3 is 20.9 Å². The molecule has 3 rings (SSSR count). The van der Waals surface area contributed by atoms with Crippen LogP contribution in [0.25, 0.3) is 0 Å². The maximum absolute atomic E-state index is 14.3. The molecule has 4 N–H and O–H groups in total. The minimum absolute atomic E-state index is 0.0327. The number of carbonyl (C=O) groups is 1. The van der Waals surface area contributed by atoms with Gasteiger partial charge in [-0.2, -0.15) is 0 Å². The lowest BCUT2D eigenvalue weighted by atomic mass is 9.90. The average Bonchev–Trinajstić information content (AvgIpc) is 2.61. The first-order chi connectivity index (χ1) is 12.9. The van der Waals surface area contributed by atoms with Gasteiger partial charge >= 0.3 is 5.97 Å². The number of hydrogen-bond donors (Lipinski definition) is 3. The minimum Gasteiger partial charge on any atom is -0.456 e. The molecule has 0 aliphatic heterocycles. The van der Waals surface area contributed by atoms with Crippen molar-refractivity contribution in [3.63, 3.8) is 0 Å². The van der Waals surface area contributed by atoms with Crippen LogP contribution < -0.4 is 11.1 Å². The number of aliphatic hydroxyl groups is 1. The minimum atomic E-state index is -1.02. The summed E-state index contributed by atoms with van der Waals surface area (Å²) in [7, 11) is 0. The molecule has 1 aliphatic carbocycles. The van der Waals surface area contributed by atoms with E-state index in [2.05, 4.69) is 10.3 Å². The zero-order chi connectivity index (χ0) is 19.6. The van der Waals surface area contributed by atoms with E-state index in [4.69, 9.17) is 10.5 Å². The quantitative estimate of drug-likeness (QED) is 0.451. The van der Waals surface area contributed by atoms with Crippen molar-refractivity contribution in [3.8, 4) is 0 Å². The number of rotatable bonds is 4. The number of ether oxygens (including phenoxy) is 1. The molecule has 0 unspecified atom stereocenters. The second kappa shape index (κ2) is 8.44. The number of hydrogen-bond acceptors (Lipinski definition) is 6. The van der Waals surface area contributed by atoms with Crippen molar-refractivity contribution >= 4 is 39.9 Å². The molecule has 1 aromatic carbocycles. The normalized spacial score (nSPS) is 22.3. The number of nitrogens with two attached hydrogens (primary N) is 1. The van der Waals surface area contributed by atoms with E-state index in [1.807, 2.05) is 22.6 Å². The van der Waals surface area contributed by atoms with E-state index in [9.17, 15) is 18.7 Å². The Hall–Kier alpha value is -1.85. The Morgan fingerprint density at radius 2 is 2.04 bits per heavy atom. The van der Waals surface area contributed by atoms with E-state index in [-0.39, 0.29) is 11.4 Å². The van der Waals surface area contributed by atoms with Crippen LogP contribution in [0.2, 0.25) is 0 Å². The number of pyridine rings is 1. The Morgan fingerprint density at radius 1 is 1.26 bits per heavy atom. The molecule has 144 valence electrons. The number of esters is 1. The van der Waals surface area contributed by atoms with Gasteiger partial charge in [0.15, 0.2) is 5.82 Å². The molecule has 1 fully saturated rings. The number of nitrogens with zero attached hydrogens (tertiary/aromatic N) is 1. The molecule has 0 radical (unpaired) electrons. The fraction of sp³-hybridized carbons (Fsp3) is 0.333. The van der Waals surface area contributed by atoms with Crippen molar-refractivity contribution in [1.82, 2.24) is 4.98 Å². The first-order valence-electron chi connectivity index (χ1n) is 8.37. The standard InChI is InChI=1S/C18H18F2IN3O3/c19-10-6-9(21)4-5-13(10)24-14-8-23-7-11(20)16(14)18(26)27-15-3-1-2-12(22)17(15)25/h4-8,12,15,17,24-25H,1-3,22H2/t12-,15-,17+/m0/s1. The fourth-order valence-electron chi connectivity index (χ4n) is 2.97. The molecule has 0 saturated heterocycles. The Morgan fingerprint density at radius 3 is 2.78 bits per heavy atom. The van der Waals surface area contributed by atoms with Crippen molar-refractivity contribution in [2.45, 2.75) is 37.5 Å². The predicted molar refractivity (Wildman–Crippen MR) is 104 cm³/mol. The van der Waals surface area contributed by atoms with E-state index in [0.29, 0.717) is 22.8 Å². The van der Waals surface area contributed by atoms with Crippen LogP contribution >= 0.6 is 22.6 Å². The summed E-state index contributed by atoms with van der Waals surface area (Å²) in [6.07, 6.45) is 1.98. The molecule has 2 aromatic rings. The number of nitrogens with one attached hydrogen (secondary N) is 1. The molecule has 3 atom stereocenters. The lowest BCUT2D eigenvalue weighted by Crippen LogP contribution is -2.48. The van der Waals surface area contributed by atoms with Crippen molar-refractivity contribution in [3.05, 3.63) is 51.4 Å². The van der Waals surface area contributed by atoms with E-state index in [1.165, 1.54) is 18.3 Å². The van der Waals surface area contributed by atoms with Crippen LogP contribution in [-0.2, 0) is 4.74 Å². The number of anilines is 2. The van der Waals surface area contributed by atoms with Gasteiger partial charge in [0.2, 0.25) is 0 Å². The zero-order valence-corrected chi connectivity index (χ0v) is 16.3. The summed E-state index contributed by atoms with van der Waals surface area (Å²) in [5, 5.41) is 12.8. The number of benzene rings is 1. The van der Waals surface area contributed by atoms with Crippen molar-refractivity contribution in [2.24, 2.45) is 5.73 Å². The van der Waals surface area contributed by atoms with Crippen LogP contribution in [0.4, 0.5) is 20.2 Å². The number of carbonyl (C=O) groups excluding carboxylic acids is 1. The Balaban J connectivity index is 1.85. The number of halogens is 3. The molecular weight excluding hydrogens is 471 g/mol. The summed E-state index contributed by atoms with van der Waals surface area (Å²) in [5.74, 6) is -2.44. The molecule has 0 amide bonds. The molecule has 1 aliphatic rings. The van der Waals surface area contributed by atoms with Crippen LogP contribution in [0.5, 0.6) is 0 Å². The molecule has 0 spiro atoms. The summed E-state index contributed by atoms with van der Waals surface area (Å²) in [4.78, 5) is 16.3. The summed E-state index contributed by atoms with van der Waals surface area (Å²) >= 11 is 1.96. The highest BCUT2D eigenvalue weighted by molar-refractivity contribution is 14.1. The van der Waals surface area contributed by atoms with E-state index >= 15 is 0 Å². The predicted octanol–water partition coefficient (Wildman–Crippen LogP) is 3.11. The summed E-state index contributed by atoms with van der Waals surface area (Å²) < 4.78 is 34.4. The van der Waals surface area contributed by atoms with Crippen LogP contribution in [0.15, 0.2) is 30.6 Å². The van der Waals surface area contributed by atoms with E-state index in [0.717, 1.165) is 6.20 Å². The van der Waals surface area contributed by atoms with Gasteiger partial charge in [0.05, 0.1) is 23.8 Å².